The highest BCUT2D eigenvalue weighted by molar-refractivity contribution is 9.11. The van der Waals surface area contributed by atoms with Gasteiger partial charge in [-0.15, -0.1) is 10.2 Å². The van der Waals surface area contributed by atoms with E-state index in [0.29, 0.717) is 34.6 Å². The fourth-order valence-corrected chi connectivity index (χ4v) is 3.70. The molecule has 10 heteroatoms. The molecule has 0 saturated carbocycles. The second-order valence-electron chi connectivity index (χ2n) is 6.18. The summed E-state index contributed by atoms with van der Waals surface area (Å²) in [5.74, 6) is 2.13. The lowest BCUT2D eigenvalue weighted by Gasteiger charge is -2.15. The Labute approximate surface area is 190 Å². The molecule has 0 atom stereocenters. The molecule has 1 heterocycles. The first-order valence-electron chi connectivity index (χ1n) is 8.78. The molecule has 0 N–H and O–H groups in total. The van der Waals surface area contributed by atoms with Crippen molar-refractivity contribution in [2.45, 2.75) is 6.54 Å². The van der Waals surface area contributed by atoms with Gasteiger partial charge in [0.25, 0.3) is 5.91 Å². The monoisotopic (exact) mass is 539 g/mol. The normalized spacial score (nSPS) is 10.6. The lowest BCUT2D eigenvalue weighted by Crippen LogP contribution is -2.31. The Hall–Kier alpha value is -2.59. The number of methoxy groups -OCH3 is 2. The SMILES string of the molecule is COc1ccc(-c2nnc(CN(C)C(=O)COc3ccc(Br)cc3Br)o2)cc1OC. The fourth-order valence-electron chi connectivity index (χ4n) is 2.54. The second kappa shape index (κ2) is 9.94. The van der Waals surface area contributed by atoms with Gasteiger partial charge in [-0.3, -0.25) is 4.79 Å². The van der Waals surface area contributed by atoms with Gasteiger partial charge in [0, 0.05) is 17.1 Å². The van der Waals surface area contributed by atoms with Gasteiger partial charge in [0.05, 0.1) is 25.2 Å². The number of carbonyl (C=O) groups excluding carboxylic acids is 1. The summed E-state index contributed by atoms with van der Waals surface area (Å²) in [6.07, 6.45) is 0. The molecule has 0 radical (unpaired) electrons. The van der Waals surface area contributed by atoms with Gasteiger partial charge in [0.15, 0.2) is 18.1 Å². The first kappa shape index (κ1) is 22.1. The van der Waals surface area contributed by atoms with E-state index in [1.54, 1.807) is 45.5 Å². The van der Waals surface area contributed by atoms with Crippen LogP contribution in [0.2, 0.25) is 0 Å². The van der Waals surface area contributed by atoms with Crippen molar-refractivity contribution in [1.82, 2.24) is 15.1 Å². The third-order valence-corrected chi connectivity index (χ3v) is 5.25. The van der Waals surface area contributed by atoms with E-state index in [0.717, 1.165) is 8.95 Å². The number of rotatable bonds is 8. The molecular weight excluding hydrogens is 522 g/mol. The van der Waals surface area contributed by atoms with Crippen molar-refractivity contribution < 1.29 is 23.4 Å². The van der Waals surface area contributed by atoms with Crippen LogP contribution in [-0.4, -0.2) is 48.9 Å². The number of carbonyl (C=O) groups is 1. The largest absolute Gasteiger partial charge is 0.493 e. The summed E-state index contributed by atoms with van der Waals surface area (Å²) in [6.45, 7) is 0.0391. The average Bonchev–Trinajstić information content (AvgIpc) is 3.20. The van der Waals surface area contributed by atoms with Crippen molar-refractivity contribution in [1.29, 1.82) is 0 Å². The molecule has 0 aliphatic heterocycles. The van der Waals surface area contributed by atoms with Gasteiger partial charge in [-0.1, -0.05) is 15.9 Å². The van der Waals surface area contributed by atoms with Crippen LogP contribution in [0.3, 0.4) is 0 Å². The van der Waals surface area contributed by atoms with Gasteiger partial charge in [-0.05, 0) is 52.3 Å². The minimum atomic E-state index is -0.226. The molecule has 1 aromatic heterocycles. The van der Waals surface area contributed by atoms with Gasteiger partial charge < -0.3 is 23.5 Å². The van der Waals surface area contributed by atoms with E-state index in [4.69, 9.17) is 18.6 Å². The number of amides is 1. The first-order chi connectivity index (χ1) is 14.4. The standard InChI is InChI=1S/C20H19Br2N3O5/c1-25(19(26)11-29-15-7-5-13(21)9-14(15)22)10-18-23-24-20(30-18)12-4-6-16(27-2)17(8-12)28-3/h4-9H,10-11H2,1-3H3. The Morgan fingerprint density at radius 2 is 1.77 bits per heavy atom. The van der Waals surface area contributed by atoms with Crippen LogP contribution in [0.1, 0.15) is 5.89 Å². The van der Waals surface area contributed by atoms with Crippen LogP contribution in [0.4, 0.5) is 0 Å². The van der Waals surface area contributed by atoms with Gasteiger partial charge in [-0.25, -0.2) is 0 Å². The predicted octanol–water partition coefficient (Wildman–Crippen LogP) is 4.32. The van der Waals surface area contributed by atoms with E-state index in [2.05, 4.69) is 42.1 Å². The summed E-state index contributed by atoms with van der Waals surface area (Å²) in [7, 11) is 4.76. The minimum absolute atomic E-state index is 0.118. The van der Waals surface area contributed by atoms with Gasteiger partial charge in [0.2, 0.25) is 11.8 Å². The highest BCUT2D eigenvalue weighted by Crippen LogP contribution is 2.32. The van der Waals surface area contributed by atoms with Crippen molar-refractivity contribution in [3.63, 3.8) is 0 Å². The maximum atomic E-state index is 12.4. The Morgan fingerprint density at radius 3 is 2.47 bits per heavy atom. The molecule has 3 aromatic rings. The Balaban J connectivity index is 1.61. The molecule has 0 aliphatic rings. The highest BCUT2D eigenvalue weighted by Gasteiger charge is 2.17. The summed E-state index contributed by atoms with van der Waals surface area (Å²) in [5, 5.41) is 8.07. The molecule has 0 spiro atoms. The van der Waals surface area contributed by atoms with E-state index < -0.39 is 0 Å². The molecule has 0 unspecified atom stereocenters. The predicted molar refractivity (Wildman–Crippen MR) is 117 cm³/mol. The van der Waals surface area contributed by atoms with Crippen LogP contribution in [0.15, 0.2) is 49.8 Å². The molecule has 158 valence electrons. The van der Waals surface area contributed by atoms with Crippen molar-refractivity contribution in [2.24, 2.45) is 0 Å². The maximum absolute atomic E-state index is 12.4. The number of hydrogen-bond donors (Lipinski definition) is 0. The van der Waals surface area contributed by atoms with Gasteiger partial charge in [-0.2, -0.15) is 0 Å². The molecule has 0 bridgehead atoms. The molecule has 30 heavy (non-hydrogen) atoms. The summed E-state index contributed by atoms with van der Waals surface area (Å²) >= 11 is 6.78. The zero-order chi connectivity index (χ0) is 21.7. The van der Waals surface area contributed by atoms with E-state index in [-0.39, 0.29) is 19.1 Å². The third kappa shape index (κ3) is 5.31. The Bertz CT molecular complexity index is 1040. The van der Waals surface area contributed by atoms with Crippen LogP contribution in [0.5, 0.6) is 17.2 Å². The molecule has 0 saturated heterocycles. The third-order valence-electron chi connectivity index (χ3n) is 4.14. The zero-order valence-corrected chi connectivity index (χ0v) is 19.7. The molecular formula is C20H19Br2N3O5. The van der Waals surface area contributed by atoms with Crippen molar-refractivity contribution >= 4 is 37.8 Å². The topological polar surface area (TPSA) is 86.9 Å². The number of benzene rings is 2. The molecule has 3 rings (SSSR count). The lowest BCUT2D eigenvalue weighted by atomic mass is 10.2. The minimum Gasteiger partial charge on any atom is -0.493 e. The lowest BCUT2D eigenvalue weighted by molar-refractivity contribution is -0.132. The second-order valence-corrected chi connectivity index (χ2v) is 7.95. The highest BCUT2D eigenvalue weighted by atomic mass is 79.9. The van der Waals surface area contributed by atoms with Crippen LogP contribution in [0.25, 0.3) is 11.5 Å². The molecule has 8 nitrogen and oxygen atoms in total. The van der Waals surface area contributed by atoms with Crippen molar-refractivity contribution in [3.05, 3.63) is 51.2 Å². The Morgan fingerprint density at radius 1 is 1.03 bits per heavy atom. The summed E-state index contributed by atoms with van der Waals surface area (Å²) < 4.78 is 23.5. The van der Waals surface area contributed by atoms with E-state index >= 15 is 0 Å². The maximum Gasteiger partial charge on any atom is 0.260 e. The van der Waals surface area contributed by atoms with E-state index in [1.165, 1.54) is 4.90 Å². The fraction of sp³-hybridized carbons (Fsp3) is 0.250. The van der Waals surface area contributed by atoms with E-state index in [9.17, 15) is 4.79 Å². The van der Waals surface area contributed by atoms with E-state index in [1.807, 2.05) is 12.1 Å². The summed E-state index contributed by atoms with van der Waals surface area (Å²) in [6, 6.07) is 10.7. The molecule has 2 aromatic carbocycles. The van der Waals surface area contributed by atoms with Crippen LogP contribution in [0, 0.1) is 0 Å². The number of aromatic nitrogens is 2. The number of ether oxygens (including phenoxy) is 3. The van der Waals surface area contributed by atoms with Crippen molar-refractivity contribution in [3.8, 4) is 28.7 Å². The summed E-state index contributed by atoms with van der Waals surface area (Å²) in [5.41, 5.74) is 0.684. The molecule has 0 fully saturated rings. The quantitative estimate of drug-likeness (QED) is 0.420. The number of nitrogens with zero attached hydrogens (tertiary/aromatic N) is 3. The smallest absolute Gasteiger partial charge is 0.260 e. The average molecular weight is 541 g/mol. The van der Waals surface area contributed by atoms with Crippen LogP contribution in [-0.2, 0) is 11.3 Å². The molecule has 0 aliphatic carbocycles. The molecule has 1 amide bonds. The number of halogens is 2. The van der Waals surface area contributed by atoms with Crippen molar-refractivity contribution in [2.75, 3.05) is 27.9 Å². The van der Waals surface area contributed by atoms with Crippen LogP contribution >= 0.6 is 31.9 Å². The number of hydrogen-bond acceptors (Lipinski definition) is 7. The summed E-state index contributed by atoms with van der Waals surface area (Å²) in [4.78, 5) is 13.8. The number of likely N-dealkylation sites (N-methyl/N-ethyl adjacent to an activating group) is 1. The van der Waals surface area contributed by atoms with Crippen LogP contribution < -0.4 is 14.2 Å². The first-order valence-corrected chi connectivity index (χ1v) is 10.4. The zero-order valence-electron chi connectivity index (χ0n) is 16.5. The Kier molecular flexibility index (Phi) is 7.33. The van der Waals surface area contributed by atoms with Gasteiger partial charge >= 0.3 is 0 Å². The van der Waals surface area contributed by atoms with Gasteiger partial charge in [0.1, 0.15) is 5.75 Å².